The monoisotopic (exact) mass is 386 g/mol. The fourth-order valence-electron chi connectivity index (χ4n) is 3.35. The number of aryl methyl sites for hydroxylation is 1. The molecule has 1 N–H and O–H groups in total. The lowest BCUT2D eigenvalue weighted by molar-refractivity contribution is -0.108. The minimum atomic E-state index is -1.34. The van der Waals surface area contributed by atoms with Crippen molar-refractivity contribution in [2.24, 2.45) is 0 Å². The first kappa shape index (κ1) is 20.0. The van der Waals surface area contributed by atoms with Crippen LogP contribution in [0.15, 0.2) is 24.4 Å². The van der Waals surface area contributed by atoms with E-state index in [0.29, 0.717) is 25.2 Å². The van der Waals surface area contributed by atoms with E-state index in [9.17, 15) is 14.5 Å². The molecule has 0 aliphatic carbocycles. The molecule has 3 rings (SSSR count). The molecule has 0 saturated carbocycles. The van der Waals surface area contributed by atoms with E-state index in [1.807, 2.05) is 34.0 Å². The Hall–Kier alpha value is -1.74. The van der Waals surface area contributed by atoms with Crippen molar-refractivity contribution >= 4 is 50.5 Å². The van der Waals surface area contributed by atoms with Gasteiger partial charge in [-0.25, -0.2) is 4.98 Å². The van der Waals surface area contributed by atoms with Gasteiger partial charge in [0.25, 0.3) is 0 Å². The van der Waals surface area contributed by atoms with Gasteiger partial charge in [0.2, 0.25) is 6.41 Å². The fraction of sp³-hybridized carbons (Fsp3) is 0.412. The molecule has 3 heterocycles. The average Bonchev–Trinajstić information content (AvgIpc) is 2.99. The largest absolute Gasteiger partial charge is 0.598 e. The molecule has 0 aromatic carbocycles. The van der Waals surface area contributed by atoms with Crippen LogP contribution in [-0.2, 0) is 22.6 Å². The molecule has 10 heteroatoms. The molecule has 0 spiro atoms. The van der Waals surface area contributed by atoms with Crippen LogP contribution < -0.4 is 4.90 Å². The van der Waals surface area contributed by atoms with Crippen molar-refractivity contribution in [2.45, 2.75) is 25.3 Å². The Kier molecular flexibility index (Phi) is 5.71. The number of fused-ring (bicyclic) bond motifs is 1. The molecular weight excluding hydrogens is 362 g/mol. The third-order valence-corrected chi connectivity index (χ3v) is 5.89. The molecule has 7 nitrogen and oxygen atoms in total. The Bertz CT molecular complexity index is 879. The molecule has 1 aliphatic rings. The summed E-state index contributed by atoms with van der Waals surface area (Å²) >= 11 is -0.964. The van der Waals surface area contributed by atoms with E-state index in [-0.39, 0.29) is 0 Å². The highest BCUT2D eigenvalue weighted by Crippen LogP contribution is 2.29. The van der Waals surface area contributed by atoms with Crippen LogP contribution >= 0.6 is 0 Å². The summed E-state index contributed by atoms with van der Waals surface area (Å²) in [5.41, 5.74) is 2.36. The highest BCUT2D eigenvalue weighted by molar-refractivity contribution is 7.88. The first-order valence-electron chi connectivity index (χ1n) is 9.02. The van der Waals surface area contributed by atoms with E-state index >= 15 is 0 Å². The summed E-state index contributed by atoms with van der Waals surface area (Å²) in [6.45, 7) is 3.37. The third kappa shape index (κ3) is 3.94. The number of hydrogen-bond acceptors (Lipinski definition) is 5. The van der Waals surface area contributed by atoms with Gasteiger partial charge in [0.05, 0.1) is 17.8 Å². The zero-order valence-corrected chi connectivity index (χ0v) is 17.0. The van der Waals surface area contributed by atoms with Crippen molar-refractivity contribution in [3.05, 3.63) is 35.7 Å². The summed E-state index contributed by atoms with van der Waals surface area (Å²) in [6, 6.07) is 3.95. The Morgan fingerprint density at radius 2 is 2.22 bits per heavy atom. The summed E-state index contributed by atoms with van der Waals surface area (Å²) < 4.78 is 15.4. The molecule has 1 amide bonds. The Balaban J connectivity index is 2.07. The predicted molar refractivity (Wildman–Crippen MR) is 113 cm³/mol. The molecule has 27 heavy (non-hydrogen) atoms. The van der Waals surface area contributed by atoms with E-state index in [0.717, 1.165) is 29.9 Å². The zero-order chi connectivity index (χ0) is 19.8. The van der Waals surface area contributed by atoms with Crippen molar-refractivity contribution in [1.82, 2.24) is 13.7 Å². The van der Waals surface area contributed by atoms with Crippen LogP contribution in [0.25, 0.3) is 11.2 Å². The summed E-state index contributed by atoms with van der Waals surface area (Å²) in [4.78, 5) is 17.7. The molecule has 142 valence electrons. The van der Waals surface area contributed by atoms with Crippen molar-refractivity contribution in [3.8, 4) is 0 Å². The number of nitrogens with zero attached hydrogens (tertiary/aromatic N) is 4. The Morgan fingerprint density at radius 1 is 1.48 bits per heavy atom. The maximum atomic E-state index is 11.7. The van der Waals surface area contributed by atoms with E-state index in [1.165, 1.54) is 10.5 Å². The summed E-state index contributed by atoms with van der Waals surface area (Å²) in [6.07, 6.45) is 7.84. The quantitative estimate of drug-likeness (QED) is 0.302. The lowest BCUT2D eigenvalue weighted by Crippen LogP contribution is -2.50. The van der Waals surface area contributed by atoms with E-state index in [4.69, 9.17) is 0 Å². The van der Waals surface area contributed by atoms with Crippen molar-refractivity contribution in [1.29, 1.82) is 0 Å². The first-order valence-corrected chi connectivity index (χ1v) is 10.5. The average molecular weight is 386 g/mol. The Labute approximate surface area is 164 Å². The van der Waals surface area contributed by atoms with E-state index in [1.54, 1.807) is 21.9 Å². The molecule has 1 aliphatic heterocycles. The van der Waals surface area contributed by atoms with Crippen LogP contribution in [0.5, 0.6) is 0 Å². The third-order valence-electron chi connectivity index (χ3n) is 4.83. The van der Waals surface area contributed by atoms with Gasteiger partial charge in [-0.2, -0.15) is 0 Å². The summed E-state index contributed by atoms with van der Waals surface area (Å²) in [5, 5.41) is 10.4. The van der Waals surface area contributed by atoms with Gasteiger partial charge in [-0.15, -0.1) is 4.31 Å². The second-order valence-corrected chi connectivity index (χ2v) is 8.51. The lowest BCUT2D eigenvalue weighted by Gasteiger charge is -2.31. The minimum absolute atomic E-state index is 0.588. The number of aliphatic hydroxyl groups is 1. The maximum Gasteiger partial charge on any atom is 0.216 e. The normalized spacial score (nSPS) is 17.0. The second-order valence-electron chi connectivity index (χ2n) is 7.14. The number of rotatable bonds is 6. The minimum Gasteiger partial charge on any atom is -0.598 e. The van der Waals surface area contributed by atoms with Gasteiger partial charge in [0, 0.05) is 24.1 Å². The smallest absolute Gasteiger partial charge is 0.216 e. The van der Waals surface area contributed by atoms with Crippen LogP contribution in [0.2, 0.25) is 0 Å². The molecule has 0 saturated heterocycles. The van der Waals surface area contributed by atoms with Gasteiger partial charge in [0.1, 0.15) is 17.7 Å². The second kappa shape index (κ2) is 7.71. The predicted octanol–water partition coefficient (Wildman–Crippen LogP) is -0.888. The van der Waals surface area contributed by atoms with Crippen LogP contribution in [0, 0.1) is 0 Å². The van der Waals surface area contributed by atoms with Crippen molar-refractivity contribution in [3.63, 3.8) is 0 Å². The molecule has 2 aromatic heterocycles. The van der Waals surface area contributed by atoms with Crippen LogP contribution in [0.1, 0.15) is 24.6 Å². The molecule has 0 radical (unpaired) electrons. The van der Waals surface area contributed by atoms with Crippen LogP contribution in [0.4, 0.5) is 5.82 Å². The van der Waals surface area contributed by atoms with Gasteiger partial charge in [-0.1, -0.05) is 13.0 Å². The van der Waals surface area contributed by atoms with Gasteiger partial charge >= 0.3 is 0 Å². The first-order chi connectivity index (χ1) is 12.8. The van der Waals surface area contributed by atoms with Crippen LogP contribution in [0.3, 0.4) is 0 Å². The summed E-state index contributed by atoms with van der Waals surface area (Å²) in [5.74, 6) is 0.588. The van der Waals surface area contributed by atoms with Crippen molar-refractivity contribution in [2.75, 3.05) is 24.2 Å². The van der Waals surface area contributed by atoms with Gasteiger partial charge in [-0.05, 0) is 36.1 Å². The summed E-state index contributed by atoms with van der Waals surface area (Å²) in [7, 11) is 3.15. The molecule has 0 bridgehead atoms. The standard InChI is InChI=1S/C17H24B2N4O3S/c1-3-14-16(23(11-24)17(18,19)25)22-10-13(4-5-15(22)20-14)12-6-8-21(9-7-12)27(2)26/h4-6,10-11,25H,3,7-9,18-19H2,1-2H3. The van der Waals surface area contributed by atoms with E-state index < -0.39 is 16.9 Å². The van der Waals surface area contributed by atoms with Gasteiger partial charge in [-0.3, -0.25) is 14.1 Å². The molecule has 1 unspecified atom stereocenters. The van der Waals surface area contributed by atoms with E-state index in [2.05, 4.69) is 11.1 Å². The number of pyridine rings is 1. The Morgan fingerprint density at radius 3 is 2.74 bits per heavy atom. The molecular formula is C17H24B2N4O3S. The number of carbonyl (C=O) groups excluding carboxylic acids is 1. The number of anilines is 1. The fourth-order valence-corrected chi connectivity index (χ4v) is 3.98. The highest BCUT2D eigenvalue weighted by atomic mass is 32.2. The zero-order valence-electron chi connectivity index (χ0n) is 16.2. The maximum absolute atomic E-state index is 11.7. The molecule has 2 aromatic rings. The van der Waals surface area contributed by atoms with Crippen molar-refractivity contribution < 1.29 is 14.5 Å². The molecule has 0 fully saturated rings. The lowest BCUT2D eigenvalue weighted by atomic mass is 9.72. The number of aromatic nitrogens is 2. The number of imidazole rings is 1. The highest BCUT2D eigenvalue weighted by Gasteiger charge is 2.29. The molecule has 1 atom stereocenters. The number of hydrogen-bond donors (Lipinski definition) is 1. The topological polar surface area (TPSA) is 84.1 Å². The SMILES string of the molecule is BC(B)(O)N(C=O)c1c(CC)nc2ccc(C3=CCN([S+](C)[O-])CC3)cn12. The van der Waals surface area contributed by atoms with Gasteiger partial charge < -0.3 is 9.66 Å². The van der Waals surface area contributed by atoms with Gasteiger partial charge in [0.15, 0.2) is 15.7 Å². The number of carbonyl (C=O) groups is 1. The number of amides is 1. The van der Waals surface area contributed by atoms with Crippen LogP contribution in [-0.4, -0.2) is 70.3 Å².